The highest BCUT2D eigenvalue weighted by Crippen LogP contribution is 2.31. The molecule has 19 heavy (non-hydrogen) atoms. The Morgan fingerprint density at radius 3 is 2.32 bits per heavy atom. The van der Waals surface area contributed by atoms with Crippen molar-refractivity contribution in [2.45, 2.75) is 19.2 Å². The van der Waals surface area contributed by atoms with Crippen LogP contribution in [0.4, 0.5) is 11.4 Å². The van der Waals surface area contributed by atoms with E-state index >= 15 is 0 Å². The van der Waals surface area contributed by atoms with Crippen molar-refractivity contribution < 1.29 is 0 Å². The van der Waals surface area contributed by atoms with Gasteiger partial charge in [-0.05, 0) is 49.7 Å². The lowest BCUT2D eigenvalue weighted by Crippen LogP contribution is -2.17. The van der Waals surface area contributed by atoms with E-state index in [9.17, 15) is 0 Å². The number of rotatable bonds is 4. The minimum absolute atomic E-state index is 0.851. The second-order valence-electron chi connectivity index (χ2n) is 4.49. The zero-order chi connectivity index (χ0) is 13.8. The van der Waals surface area contributed by atoms with Gasteiger partial charge in [-0.2, -0.15) is 0 Å². The molecule has 0 atom stereocenters. The Labute approximate surface area is 131 Å². The summed E-state index contributed by atoms with van der Waals surface area (Å²) >= 11 is 7.11. The molecule has 3 heteroatoms. The van der Waals surface area contributed by atoms with Gasteiger partial charge in [-0.15, -0.1) is 0 Å². The largest absolute Gasteiger partial charge is 0.342 e. The molecule has 0 aliphatic carbocycles. The van der Waals surface area contributed by atoms with Gasteiger partial charge in [0.1, 0.15) is 0 Å². The minimum atomic E-state index is 0.851. The summed E-state index contributed by atoms with van der Waals surface area (Å²) in [5.74, 6) is 0. The third kappa shape index (κ3) is 3.40. The zero-order valence-corrected chi connectivity index (χ0v) is 14.3. The second-order valence-corrected chi connectivity index (χ2v) is 5.96. The smallest absolute Gasteiger partial charge is 0.0452 e. The third-order valence-corrected chi connectivity index (χ3v) is 4.24. The van der Waals surface area contributed by atoms with Crippen molar-refractivity contribution in [3.8, 4) is 0 Å². The van der Waals surface area contributed by atoms with Crippen LogP contribution in [0.2, 0.25) is 0 Å². The third-order valence-electron chi connectivity index (χ3n) is 3.14. The summed E-state index contributed by atoms with van der Waals surface area (Å²) in [5, 5.41) is 0.851. The van der Waals surface area contributed by atoms with Gasteiger partial charge < -0.3 is 4.90 Å². The lowest BCUT2D eigenvalue weighted by atomic mass is 10.1. The molecule has 0 aromatic heterocycles. The van der Waals surface area contributed by atoms with Crippen LogP contribution in [0, 0.1) is 6.92 Å². The highest BCUT2D eigenvalue weighted by Gasteiger charge is 2.11. The average molecular weight is 383 g/mol. The van der Waals surface area contributed by atoms with Gasteiger partial charge in [0, 0.05) is 27.7 Å². The quantitative estimate of drug-likeness (QED) is 0.603. The molecule has 0 bridgehead atoms. The summed E-state index contributed by atoms with van der Waals surface area (Å²) in [6.07, 6.45) is 0. The predicted molar refractivity (Wildman–Crippen MR) is 90.6 cm³/mol. The molecule has 0 aliphatic rings. The molecule has 2 rings (SSSR count). The zero-order valence-electron chi connectivity index (χ0n) is 11.2. The number of halogens is 2. The topological polar surface area (TPSA) is 3.24 Å². The van der Waals surface area contributed by atoms with Crippen molar-refractivity contribution in [3.63, 3.8) is 0 Å². The van der Waals surface area contributed by atoms with E-state index in [1.165, 1.54) is 22.5 Å². The molecule has 0 radical (unpaired) electrons. The van der Waals surface area contributed by atoms with Gasteiger partial charge in [-0.3, -0.25) is 0 Å². The number of nitrogens with zero attached hydrogens (tertiary/aromatic N) is 1. The molecule has 0 aliphatic heterocycles. The second kappa shape index (κ2) is 6.58. The molecular weight excluding hydrogens is 366 g/mol. The molecule has 1 nitrogen and oxygen atoms in total. The highest BCUT2D eigenvalue weighted by atomic mass is 79.9. The Kier molecular flexibility index (Phi) is 5.06. The van der Waals surface area contributed by atoms with Gasteiger partial charge in [0.2, 0.25) is 0 Å². The maximum absolute atomic E-state index is 3.58. The molecule has 0 saturated heterocycles. The summed E-state index contributed by atoms with van der Waals surface area (Å²) in [7, 11) is 0. The van der Waals surface area contributed by atoms with E-state index in [1.54, 1.807) is 0 Å². The van der Waals surface area contributed by atoms with Crippen LogP contribution in [0.15, 0.2) is 46.9 Å². The fraction of sp³-hybridized carbons (Fsp3) is 0.250. The van der Waals surface area contributed by atoms with Crippen LogP contribution in [0.25, 0.3) is 0 Å². The first-order valence-corrected chi connectivity index (χ1v) is 8.25. The number of alkyl halides is 1. The molecule has 0 spiro atoms. The Hall–Kier alpha value is -0.800. The number of hydrogen-bond acceptors (Lipinski definition) is 1. The van der Waals surface area contributed by atoms with Crippen molar-refractivity contribution in [2.75, 3.05) is 11.4 Å². The van der Waals surface area contributed by atoms with Gasteiger partial charge in [0.15, 0.2) is 0 Å². The summed E-state index contributed by atoms with van der Waals surface area (Å²) in [4.78, 5) is 2.34. The normalized spacial score (nSPS) is 10.5. The van der Waals surface area contributed by atoms with Crippen molar-refractivity contribution in [1.29, 1.82) is 0 Å². The fourth-order valence-corrected chi connectivity index (χ4v) is 3.00. The molecule has 2 aromatic rings. The van der Waals surface area contributed by atoms with E-state index in [4.69, 9.17) is 0 Å². The summed E-state index contributed by atoms with van der Waals surface area (Å²) in [6.45, 7) is 5.24. The van der Waals surface area contributed by atoms with E-state index < -0.39 is 0 Å². The van der Waals surface area contributed by atoms with Crippen LogP contribution in [-0.4, -0.2) is 6.54 Å². The standard InChI is InChI=1S/C16H17Br2N/c1-3-19(15-7-4-12(2)5-8-15)16-9-6-14(18)10-13(16)11-17/h4-10H,3,11H2,1-2H3. The van der Waals surface area contributed by atoms with Crippen molar-refractivity contribution in [2.24, 2.45) is 0 Å². The molecule has 0 heterocycles. The maximum Gasteiger partial charge on any atom is 0.0452 e. The van der Waals surface area contributed by atoms with Gasteiger partial charge >= 0.3 is 0 Å². The Morgan fingerprint density at radius 2 is 1.74 bits per heavy atom. The first-order valence-electron chi connectivity index (χ1n) is 6.34. The number of aryl methyl sites for hydroxylation is 1. The lowest BCUT2D eigenvalue weighted by molar-refractivity contribution is 1.01. The molecule has 0 amide bonds. The minimum Gasteiger partial charge on any atom is -0.342 e. The molecule has 0 fully saturated rings. The molecule has 2 aromatic carbocycles. The van der Waals surface area contributed by atoms with Gasteiger partial charge in [0.25, 0.3) is 0 Å². The van der Waals surface area contributed by atoms with Gasteiger partial charge in [0.05, 0.1) is 0 Å². The molecule has 0 unspecified atom stereocenters. The van der Waals surface area contributed by atoms with Crippen LogP contribution in [0.3, 0.4) is 0 Å². The van der Waals surface area contributed by atoms with Crippen LogP contribution in [0.5, 0.6) is 0 Å². The molecular formula is C16H17Br2N. The first-order chi connectivity index (χ1) is 9.15. The SMILES string of the molecule is CCN(c1ccc(C)cc1)c1ccc(Br)cc1CBr. The van der Waals surface area contributed by atoms with Crippen molar-refractivity contribution >= 4 is 43.2 Å². The van der Waals surface area contributed by atoms with E-state index in [0.717, 1.165) is 16.3 Å². The van der Waals surface area contributed by atoms with Crippen LogP contribution < -0.4 is 4.90 Å². The highest BCUT2D eigenvalue weighted by molar-refractivity contribution is 9.10. The number of benzene rings is 2. The average Bonchev–Trinajstić information content (AvgIpc) is 2.43. The van der Waals surface area contributed by atoms with Crippen molar-refractivity contribution in [3.05, 3.63) is 58.1 Å². The number of anilines is 2. The Morgan fingerprint density at radius 1 is 1.05 bits per heavy atom. The van der Waals surface area contributed by atoms with Crippen LogP contribution in [0.1, 0.15) is 18.1 Å². The van der Waals surface area contributed by atoms with E-state index in [0.29, 0.717) is 0 Å². The van der Waals surface area contributed by atoms with Crippen molar-refractivity contribution in [1.82, 2.24) is 0 Å². The monoisotopic (exact) mass is 381 g/mol. The van der Waals surface area contributed by atoms with E-state index in [2.05, 4.69) is 93.1 Å². The molecule has 100 valence electrons. The van der Waals surface area contributed by atoms with E-state index in [-0.39, 0.29) is 0 Å². The van der Waals surface area contributed by atoms with E-state index in [1.807, 2.05) is 0 Å². The number of hydrogen-bond donors (Lipinski definition) is 0. The van der Waals surface area contributed by atoms with Crippen LogP contribution in [-0.2, 0) is 5.33 Å². The Bertz CT molecular complexity index is 549. The first kappa shape index (κ1) is 14.6. The predicted octanol–water partition coefficient (Wildman–Crippen LogP) is 5.81. The Balaban J connectivity index is 2.44. The van der Waals surface area contributed by atoms with Crippen LogP contribution >= 0.6 is 31.9 Å². The fourth-order valence-electron chi connectivity index (χ4n) is 2.14. The van der Waals surface area contributed by atoms with Gasteiger partial charge in [-0.25, -0.2) is 0 Å². The summed E-state index contributed by atoms with van der Waals surface area (Å²) in [5.41, 5.74) is 5.07. The van der Waals surface area contributed by atoms with Gasteiger partial charge in [-0.1, -0.05) is 49.6 Å². The maximum atomic E-state index is 3.58. The molecule has 0 saturated carbocycles. The molecule has 0 N–H and O–H groups in total. The summed E-state index contributed by atoms with van der Waals surface area (Å²) < 4.78 is 1.12. The summed E-state index contributed by atoms with van der Waals surface area (Å²) in [6, 6.07) is 15.1. The lowest BCUT2D eigenvalue weighted by Gasteiger charge is -2.26.